The van der Waals surface area contributed by atoms with E-state index in [2.05, 4.69) is 0 Å². The lowest BCUT2D eigenvalue weighted by molar-refractivity contribution is -0.129. The van der Waals surface area contributed by atoms with Crippen LogP contribution >= 0.6 is 11.3 Å². The van der Waals surface area contributed by atoms with Crippen molar-refractivity contribution in [3.8, 4) is 0 Å². The molecule has 1 heterocycles. The predicted molar refractivity (Wildman–Crippen MR) is 117 cm³/mol. The van der Waals surface area contributed by atoms with Gasteiger partial charge in [0.2, 0.25) is 5.91 Å². The molecule has 5 atom stereocenters. The minimum atomic E-state index is -0.722. The van der Waals surface area contributed by atoms with Crippen LogP contribution in [-0.4, -0.2) is 38.6 Å². The number of hydrogen-bond donors (Lipinski definition) is 5. The third-order valence-electron chi connectivity index (χ3n) is 6.47. The number of hydroxylamine groups is 1. The van der Waals surface area contributed by atoms with Gasteiger partial charge in [-0.25, -0.2) is 9.87 Å². The lowest BCUT2D eigenvalue weighted by Crippen LogP contribution is -2.23. The second-order valence-corrected chi connectivity index (χ2v) is 9.69. The van der Waals surface area contributed by atoms with Gasteiger partial charge in [-0.05, 0) is 62.1 Å². The average Bonchev–Trinajstić information content (AvgIpc) is 3.30. The molecular formula is C23H32FNO5S. The summed E-state index contributed by atoms with van der Waals surface area (Å²) < 4.78 is 14.7. The number of fused-ring (bicyclic) bond motifs is 1. The minimum Gasteiger partial charge on any atom is -0.393 e. The van der Waals surface area contributed by atoms with Crippen molar-refractivity contribution in [1.29, 1.82) is 0 Å². The van der Waals surface area contributed by atoms with Gasteiger partial charge in [0.05, 0.1) is 18.3 Å². The van der Waals surface area contributed by atoms with Gasteiger partial charge in [0.15, 0.2) is 0 Å². The van der Waals surface area contributed by atoms with Crippen LogP contribution in [0.15, 0.2) is 24.3 Å². The number of nitrogens with one attached hydrogen (secondary N) is 1. The molecule has 2 unspecified atom stereocenters. The molecule has 0 saturated heterocycles. The van der Waals surface area contributed by atoms with E-state index in [4.69, 9.17) is 5.21 Å². The van der Waals surface area contributed by atoms with Crippen molar-refractivity contribution in [2.75, 3.05) is 0 Å². The maximum Gasteiger partial charge on any atom is 0.243 e. The number of carbonyl (C=O) groups is 1. The summed E-state index contributed by atoms with van der Waals surface area (Å²) in [5.41, 5.74) is 1.62. The van der Waals surface area contributed by atoms with Crippen molar-refractivity contribution >= 4 is 27.3 Å². The molecule has 1 amide bonds. The summed E-state index contributed by atoms with van der Waals surface area (Å²) in [6.45, 7) is 0. The summed E-state index contributed by atoms with van der Waals surface area (Å²) in [6, 6.07) is 6.61. The minimum absolute atomic E-state index is 0.0113. The summed E-state index contributed by atoms with van der Waals surface area (Å²) in [7, 11) is 0. The monoisotopic (exact) mass is 453 g/mol. The number of hydrogen-bond acceptors (Lipinski definition) is 6. The van der Waals surface area contributed by atoms with Crippen molar-refractivity contribution in [2.45, 2.75) is 76.1 Å². The third kappa shape index (κ3) is 6.23. The van der Waals surface area contributed by atoms with Crippen molar-refractivity contribution in [2.24, 2.45) is 11.8 Å². The number of halogens is 1. The molecule has 1 fully saturated rings. The molecule has 1 aliphatic carbocycles. The van der Waals surface area contributed by atoms with Gasteiger partial charge in [0.1, 0.15) is 5.82 Å². The Labute approximate surface area is 185 Å². The fourth-order valence-electron chi connectivity index (χ4n) is 4.76. The highest BCUT2D eigenvalue weighted by Gasteiger charge is 2.41. The number of amides is 1. The van der Waals surface area contributed by atoms with E-state index in [9.17, 15) is 24.5 Å². The molecule has 3 rings (SSSR count). The van der Waals surface area contributed by atoms with Gasteiger partial charge in [-0.1, -0.05) is 25.3 Å². The maximum atomic E-state index is 13.9. The van der Waals surface area contributed by atoms with Crippen LogP contribution in [0.2, 0.25) is 0 Å². The average molecular weight is 454 g/mol. The van der Waals surface area contributed by atoms with Gasteiger partial charge < -0.3 is 15.3 Å². The Kier molecular flexibility index (Phi) is 8.80. The quantitative estimate of drug-likeness (QED) is 0.200. The van der Waals surface area contributed by atoms with Crippen molar-refractivity contribution in [3.05, 3.63) is 35.0 Å². The first-order valence-corrected chi connectivity index (χ1v) is 11.9. The van der Waals surface area contributed by atoms with Gasteiger partial charge in [0, 0.05) is 21.4 Å². The van der Waals surface area contributed by atoms with E-state index in [1.54, 1.807) is 17.6 Å². The number of rotatable bonds is 11. The van der Waals surface area contributed by atoms with E-state index in [0.29, 0.717) is 37.5 Å². The first kappa shape index (κ1) is 24.1. The summed E-state index contributed by atoms with van der Waals surface area (Å²) in [5, 5.41) is 40.5. The van der Waals surface area contributed by atoms with Crippen molar-refractivity contribution < 1.29 is 29.7 Å². The van der Waals surface area contributed by atoms with Crippen LogP contribution in [0.1, 0.15) is 68.8 Å². The Balaban J connectivity index is 1.48. The summed E-state index contributed by atoms with van der Waals surface area (Å²) >= 11 is 1.38. The molecule has 1 aromatic heterocycles. The zero-order valence-electron chi connectivity index (χ0n) is 17.5. The SMILES string of the molecule is O=C(CCCCCC[C@@H]1C(CCC(O)c2cc3c(F)cccc3s2)[C@H](O)C[C@@H]1O)NO. The Morgan fingerprint density at radius 3 is 2.55 bits per heavy atom. The Morgan fingerprint density at radius 2 is 1.84 bits per heavy atom. The highest BCUT2D eigenvalue weighted by molar-refractivity contribution is 7.19. The van der Waals surface area contributed by atoms with E-state index >= 15 is 0 Å². The standard InChI is InChI=1S/C23H32FNO5S/c24-17-7-5-8-21-16(17)12-22(31-21)18(26)11-10-15-14(19(27)13-20(15)28)6-3-1-2-4-9-23(29)25-30/h5,7-8,12,14-15,18-20,26-28,30H,1-4,6,9-11,13H2,(H,25,29)/t14-,15?,18?,19+,20-/m1/s1. The molecule has 2 aromatic rings. The normalized spacial score (nSPS) is 24.5. The molecule has 0 bridgehead atoms. The molecule has 0 spiro atoms. The fraction of sp³-hybridized carbons (Fsp3) is 0.609. The van der Waals surface area contributed by atoms with E-state index in [0.717, 1.165) is 35.3 Å². The van der Waals surface area contributed by atoms with Crippen LogP contribution in [0.25, 0.3) is 10.1 Å². The molecule has 1 aromatic carbocycles. The maximum absolute atomic E-state index is 13.9. The first-order valence-electron chi connectivity index (χ1n) is 11.1. The largest absolute Gasteiger partial charge is 0.393 e. The van der Waals surface area contributed by atoms with Gasteiger partial charge in [0.25, 0.3) is 0 Å². The van der Waals surface area contributed by atoms with E-state index < -0.39 is 18.3 Å². The van der Waals surface area contributed by atoms with Crippen LogP contribution in [0.5, 0.6) is 0 Å². The van der Waals surface area contributed by atoms with Crippen LogP contribution in [0.4, 0.5) is 4.39 Å². The molecule has 6 nitrogen and oxygen atoms in total. The zero-order valence-corrected chi connectivity index (χ0v) is 18.4. The van der Waals surface area contributed by atoms with Crippen LogP contribution in [0, 0.1) is 17.7 Å². The van der Waals surface area contributed by atoms with E-state index in [-0.39, 0.29) is 23.6 Å². The molecule has 172 valence electrons. The topological polar surface area (TPSA) is 110 Å². The smallest absolute Gasteiger partial charge is 0.243 e. The van der Waals surface area contributed by atoms with Crippen LogP contribution in [0.3, 0.4) is 0 Å². The van der Waals surface area contributed by atoms with Crippen molar-refractivity contribution in [1.82, 2.24) is 5.48 Å². The van der Waals surface area contributed by atoms with E-state index in [1.807, 2.05) is 6.07 Å². The molecule has 0 aliphatic heterocycles. The molecule has 1 aliphatic rings. The fourth-order valence-corrected chi connectivity index (χ4v) is 5.86. The molecule has 5 N–H and O–H groups in total. The van der Waals surface area contributed by atoms with Gasteiger partial charge >= 0.3 is 0 Å². The van der Waals surface area contributed by atoms with E-state index in [1.165, 1.54) is 17.4 Å². The lowest BCUT2D eigenvalue weighted by Gasteiger charge is -2.24. The molecule has 8 heteroatoms. The summed E-state index contributed by atoms with van der Waals surface area (Å²) in [6.07, 6.45) is 4.02. The van der Waals surface area contributed by atoms with Gasteiger partial charge in [-0.2, -0.15) is 0 Å². The summed E-state index contributed by atoms with van der Waals surface area (Å²) in [4.78, 5) is 11.7. The highest BCUT2D eigenvalue weighted by atomic mass is 32.1. The number of carbonyl (C=O) groups excluding carboxylic acids is 1. The number of aliphatic hydroxyl groups excluding tert-OH is 3. The van der Waals surface area contributed by atoms with Gasteiger partial charge in [-0.3, -0.25) is 10.0 Å². The Bertz CT molecular complexity index is 860. The molecular weight excluding hydrogens is 421 g/mol. The van der Waals surface area contributed by atoms with Crippen molar-refractivity contribution in [3.63, 3.8) is 0 Å². The Morgan fingerprint density at radius 1 is 1.13 bits per heavy atom. The first-order chi connectivity index (χ1) is 14.9. The van der Waals surface area contributed by atoms with Gasteiger partial charge in [-0.15, -0.1) is 11.3 Å². The predicted octanol–water partition coefficient (Wildman–Crippen LogP) is 4.06. The second-order valence-electron chi connectivity index (χ2n) is 8.58. The molecule has 1 saturated carbocycles. The number of thiophene rings is 1. The number of benzene rings is 1. The molecule has 0 radical (unpaired) electrons. The Hall–Kier alpha value is -1.58. The second kappa shape index (κ2) is 11.3. The van der Waals surface area contributed by atoms with Crippen LogP contribution in [-0.2, 0) is 4.79 Å². The third-order valence-corrected chi connectivity index (χ3v) is 7.67. The summed E-state index contributed by atoms with van der Waals surface area (Å²) in [5.74, 6) is -0.758. The lowest BCUT2D eigenvalue weighted by atomic mass is 9.84. The number of unbranched alkanes of at least 4 members (excludes halogenated alkanes) is 3. The molecule has 31 heavy (non-hydrogen) atoms. The highest BCUT2D eigenvalue weighted by Crippen LogP contribution is 2.41. The van der Waals surface area contributed by atoms with Crippen LogP contribution < -0.4 is 5.48 Å². The zero-order chi connectivity index (χ0) is 22.4. The number of aliphatic hydroxyl groups is 3.